The van der Waals surface area contributed by atoms with Crippen LogP contribution in [0.5, 0.6) is 0 Å². The lowest BCUT2D eigenvalue weighted by Gasteiger charge is -2.14. The first-order valence-corrected chi connectivity index (χ1v) is 6.66. The number of rotatable bonds is 3. The van der Waals surface area contributed by atoms with Crippen LogP contribution in [0.4, 0.5) is 0 Å². The number of hydrogen-bond acceptors (Lipinski definition) is 6. The first-order valence-electron chi connectivity index (χ1n) is 6.29. The molecule has 0 saturated heterocycles. The third-order valence-corrected chi connectivity index (χ3v) is 3.29. The number of benzene rings is 1. The molecule has 0 aliphatic carbocycles. The molecule has 0 saturated carbocycles. The highest BCUT2D eigenvalue weighted by Gasteiger charge is 2.19. The molecule has 0 unspecified atom stereocenters. The maximum atomic E-state index is 12.4. The summed E-state index contributed by atoms with van der Waals surface area (Å²) in [6.07, 6.45) is 1.17. The zero-order valence-corrected chi connectivity index (χ0v) is 12.2. The number of carbonyl (C=O) groups is 1. The number of amides is 1. The fraction of sp³-hybridized carbons (Fsp3) is 0.143. The van der Waals surface area contributed by atoms with Gasteiger partial charge in [0.2, 0.25) is 6.39 Å². The highest BCUT2D eigenvalue weighted by molar-refractivity contribution is 6.31. The van der Waals surface area contributed by atoms with Gasteiger partial charge in [0.05, 0.1) is 6.54 Å². The lowest BCUT2D eigenvalue weighted by molar-refractivity contribution is 0.0776. The van der Waals surface area contributed by atoms with Crippen LogP contribution >= 0.6 is 11.6 Å². The van der Waals surface area contributed by atoms with Gasteiger partial charge in [0.15, 0.2) is 5.82 Å². The van der Waals surface area contributed by atoms with Crippen LogP contribution in [0.15, 0.2) is 44.4 Å². The Hall–Kier alpha value is -2.67. The Balaban J connectivity index is 1.96. The predicted octanol–water partition coefficient (Wildman–Crippen LogP) is 2.10. The van der Waals surface area contributed by atoms with Crippen molar-refractivity contribution in [2.75, 3.05) is 7.05 Å². The molecule has 0 radical (unpaired) electrons. The van der Waals surface area contributed by atoms with Gasteiger partial charge < -0.3 is 13.8 Å². The van der Waals surface area contributed by atoms with Crippen LogP contribution in [-0.2, 0) is 6.54 Å². The molecule has 2 heterocycles. The molecule has 8 heteroatoms. The SMILES string of the molecule is CN(Cc1ncon1)C(=O)c1cc2cc(Cl)ccc2oc1=O. The minimum atomic E-state index is -0.709. The maximum absolute atomic E-state index is 12.4. The van der Waals surface area contributed by atoms with Crippen LogP contribution in [0.2, 0.25) is 5.02 Å². The van der Waals surface area contributed by atoms with Gasteiger partial charge in [0.1, 0.15) is 11.1 Å². The molecule has 0 aliphatic rings. The van der Waals surface area contributed by atoms with E-state index in [9.17, 15) is 9.59 Å². The number of aromatic nitrogens is 2. The van der Waals surface area contributed by atoms with E-state index in [4.69, 9.17) is 16.0 Å². The van der Waals surface area contributed by atoms with Crippen LogP contribution in [-0.4, -0.2) is 28.0 Å². The van der Waals surface area contributed by atoms with Gasteiger partial charge in [0.25, 0.3) is 5.91 Å². The standard InChI is InChI=1S/C14H10ClN3O4/c1-18(6-12-16-7-21-17-12)13(19)10-5-8-4-9(15)2-3-11(8)22-14(10)20/h2-5,7H,6H2,1H3. The van der Waals surface area contributed by atoms with Gasteiger partial charge in [-0.1, -0.05) is 16.8 Å². The molecule has 0 N–H and O–H groups in total. The highest BCUT2D eigenvalue weighted by Crippen LogP contribution is 2.19. The van der Waals surface area contributed by atoms with Gasteiger partial charge in [0, 0.05) is 17.5 Å². The quantitative estimate of drug-likeness (QED) is 0.687. The zero-order valence-electron chi connectivity index (χ0n) is 11.4. The Kier molecular flexibility index (Phi) is 3.64. The van der Waals surface area contributed by atoms with Crippen molar-refractivity contribution in [1.82, 2.24) is 15.0 Å². The summed E-state index contributed by atoms with van der Waals surface area (Å²) in [5, 5.41) is 4.68. The van der Waals surface area contributed by atoms with Crippen LogP contribution in [0.3, 0.4) is 0 Å². The van der Waals surface area contributed by atoms with Gasteiger partial charge in [-0.15, -0.1) is 0 Å². The maximum Gasteiger partial charge on any atom is 0.349 e. The van der Waals surface area contributed by atoms with Crippen LogP contribution in [0.1, 0.15) is 16.2 Å². The second-order valence-electron chi connectivity index (χ2n) is 4.64. The molecule has 3 rings (SSSR count). The second kappa shape index (κ2) is 5.61. The topological polar surface area (TPSA) is 89.4 Å². The summed E-state index contributed by atoms with van der Waals surface area (Å²) in [5.74, 6) is -0.163. The molecule has 0 aliphatic heterocycles. The molecule has 22 heavy (non-hydrogen) atoms. The Morgan fingerprint density at radius 1 is 1.36 bits per heavy atom. The Morgan fingerprint density at radius 3 is 2.91 bits per heavy atom. The average molecular weight is 320 g/mol. The third-order valence-electron chi connectivity index (χ3n) is 3.06. The smallest absolute Gasteiger partial charge is 0.349 e. The van der Waals surface area contributed by atoms with E-state index in [1.165, 1.54) is 24.4 Å². The molecule has 7 nitrogen and oxygen atoms in total. The fourth-order valence-electron chi connectivity index (χ4n) is 2.00. The monoisotopic (exact) mass is 319 g/mol. The summed E-state index contributed by atoms with van der Waals surface area (Å²) in [4.78, 5) is 29.5. The molecule has 0 fully saturated rings. The largest absolute Gasteiger partial charge is 0.422 e. The molecule has 1 aromatic carbocycles. The number of fused-ring (bicyclic) bond motifs is 1. The van der Waals surface area contributed by atoms with Crippen molar-refractivity contribution in [2.45, 2.75) is 6.54 Å². The van der Waals surface area contributed by atoms with E-state index in [0.29, 0.717) is 21.8 Å². The van der Waals surface area contributed by atoms with Gasteiger partial charge in [-0.3, -0.25) is 4.79 Å². The number of hydrogen-bond donors (Lipinski definition) is 0. The number of halogens is 1. The number of carbonyl (C=O) groups excluding carboxylic acids is 1. The fourth-order valence-corrected chi connectivity index (χ4v) is 2.18. The first kappa shape index (κ1) is 14.3. The minimum absolute atomic E-state index is 0.0826. The van der Waals surface area contributed by atoms with Gasteiger partial charge >= 0.3 is 5.63 Å². The van der Waals surface area contributed by atoms with Crippen LogP contribution in [0.25, 0.3) is 11.0 Å². The molecular weight excluding hydrogens is 310 g/mol. The Morgan fingerprint density at radius 2 is 2.18 bits per heavy atom. The van der Waals surface area contributed by atoms with E-state index in [1.54, 1.807) is 18.2 Å². The van der Waals surface area contributed by atoms with Crippen molar-refractivity contribution in [3.63, 3.8) is 0 Å². The van der Waals surface area contributed by atoms with Gasteiger partial charge in [-0.25, -0.2) is 4.79 Å². The Bertz CT molecular complexity index is 889. The predicted molar refractivity (Wildman–Crippen MR) is 77.6 cm³/mol. The minimum Gasteiger partial charge on any atom is -0.422 e. The van der Waals surface area contributed by atoms with Crippen molar-refractivity contribution < 1.29 is 13.7 Å². The summed E-state index contributed by atoms with van der Waals surface area (Å²) in [7, 11) is 1.53. The Labute approximate surface area is 129 Å². The molecule has 2 aromatic heterocycles. The van der Waals surface area contributed by atoms with E-state index in [2.05, 4.69) is 14.7 Å². The van der Waals surface area contributed by atoms with Crippen molar-refractivity contribution in [3.05, 3.63) is 57.5 Å². The molecular formula is C14H10ClN3O4. The van der Waals surface area contributed by atoms with Gasteiger partial charge in [-0.05, 0) is 24.3 Å². The normalized spacial score (nSPS) is 10.8. The van der Waals surface area contributed by atoms with E-state index in [1.807, 2.05) is 0 Å². The first-order chi connectivity index (χ1) is 10.5. The molecule has 0 spiro atoms. The van der Waals surface area contributed by atoms with Gasteiger partial charge in [-0.2, -0.15) is 4.98 Å². The van der Waals surface area contributed by atoms with E-state index >= 15 is 0 Å². The van der Waals surface area contributed by atoms with E-state index < -0.39 is 11.5 Å². The summed E-state index contributed by atoms with van der Waals surface area (Å²) in [5.41, 5.74) is -0.424. The zero-order chi connectivity index (χ0) is 15.7. The van der Waals surface area contributed by atoms with Crippen molar-refractivity contribution >= 4 is 28.5 Å². The molecule has 0 bridgehead atoms. The lowest BCUT2D eigenvalue weighted by Crippen LogP contribution is -2.30. The van der Waals surface area contributed by atoms with Crippen LogP contribution < -0.4 is 5.63 Å². The summed E-state index contributed by atoms with van der Waals surface area (Å²) in [6, 6.07) is 6.27. The molecule has 0 atom stereocenters. The highest BCUT2D eigenvalue weighted by atomic mass is 35.5. The third kappa shape index (κ3) is 2.71. The lowest BCUT2D eigenvalue weighted by atomic mass is 10.1. The van der Waals surface area contributed by atoms with Crippen LogP contribution in [0, 0.1) is 0 Å². The second-order valence-corrected chi connectivity index (χ2v) is 5.07. The van der Waals surface area contributed by atoms with Crippen molar-refractivity contribution in [1.29, 1.82) is 0 Å². The summed E-state index contributed by atoms with van der Waals surface area (Å²) in [6.45, 7) is 0.113. The van der Waals surface area contributed by atoms with E-state index in [-0.39, 0.29) is 12.1 Å². The van der Waals surface area contributed by atoms with Crippen molar-refractivity contribution in [2.24, 2.45) is 0 Å². The molecule has 3 aromatic rings. The summed E-state index contributed by atoms with van der Waals surface area (Å²) < 4.78 is 9.74. The average Bonchev–Trinajstić information content (AvgIpc) is 2.99. The number of nitrogens with zero attached hydrogens (tertiary/aromatic N) is 3. The molecule has 112 valence electrons. The summed E-state index contributed by atoms with van der Waals surface area (Å²) >= 11 is 5.91. The van der Waals surface area contributed by atoms with Crippen molar-refractivity contribution in [3.8, 4) is 0 Å². The molecule has 1 amide bonds. The van der Waals surface area contributed by atoms with E-state index in [0.717, 1.165) is 0 Å².